The summed E-state index contributed by atoms with van der Waals surface area (Å²) in [5, 5.41) is 10.4. The molecule has 3 heterocycles. The molecule has 0 saturated carbocycles. The Bertz CT molecular complexity index is 1570. The van der Waals surface area contributed by atoms with E-state index in [1.807, 2.05) is 0 Å². The van der Waals surface area contributed by atoms with E-state index < -0.39 is 60.1 Å². The number of anilines is 2. The summed E-state index contributed by atoms with van der Waals surface area (Å²) in [7, 11) is 0. The van der Waals surface area contributed by atoms with E-state index >= 15 is 0 Å². The number of aromatic nitrogens is 3. The number of pyridine rings is 1. The number of aromatic hydroxyl groups is 1. The summed E-state index contributed by atoms with van der Waals surface area (Å²) in [6.45, 7) is 4.96. The smallest absolute Gasteiger partial charge is 0.416 e. The second kappa shape index (κ2) is 15.6. The summed E-state index contributed by atoms with van der Waals surface area (Å²) < 4.78 is 98.5. The summed E-state index contributed by atoms with van der Waals surface area (Å²) in [5.74, 6) is -0.750. The number of carbonyl (C=O) groups excluding carboxylic acids is 2. The molecule has 266 valence electrons. The van der Waals surface area contributed by atoms with Crippen molar-refractivity contribution in [2.45, 2.75) is 77.4 Å². The molecule has 3 aromatic rings. The van der Waals surface area contributed by atoms with E-state index in [1.54, 1.807) is 20.8 Å². The van der Waals surface area contributed by atoms with Crippen LogP contribution in [0.25, 0.3) is 0 Å². The second-order valence-corrected chi connectivity index (χ2v) is 11.0. The summed E-state index contributed by atoms with van der Waals surface area (Å²) in [6, 6.07) is 2.45. The first-order valence-corrected chi connectivity index (χ1v) is 15.5. The number of esters is 1. The topological polar surface area (TPSA) is 127 Å². The van der Waals surface area contributed by atoms with E-state index in [4.69, 9.17) is 14.2 Å². The van der Waals surface area contributed by atoms with Gasteiger partial charge in [-0.2, -0.15) is 26.3 Å². The van der Waals surface area contributed by atoms with Gasteiger partial charge in [-0.1, -0.05) is 6.92 Å². The molecule has 1 aliphatic rings. The Morgan fingerprint density at radius 2 is 1.59 bits per heavy atom. The lowest BCUT2D eigenvalue weighted by Gasteiger charge is -2.43. The van der Waals surface area contributed by atoms with Gasteiger partial charge in [-0.3, -0.25) is 9.69 Å². The SMILES string of the molecule is CCOC(=O)CCCOc1cnc(N(Cc2cc(C(F)(F)F)cc(C(F)(F)F)c2)[C@H]2C[C@@H](CC)N(C(=O)OCC)c3ccc(O)nc32)nc1. The van der Waals surface area contributed by atoms with Gasteiger partial charge in [0.25, 0.3) is 0 Å². The van der Waals surface area contributed by atoms with Crippen LogP contribution in [0.1, 0.15) is 74.9 Å². The van der Waals surface area contributed by atoms with Crippen molar-refractivity contribution in [3.05, 3.63) is 65.1 Å². The number of alkyl halides is 6. The minimum Gasteiger partial charge on any atom is -0.493 e. The number of rotatable bonds is 12. The van der Waals surface area contributed by atoms with Crippen molar-refractivity contribution in [1.82, 2.24) is 15.0 Å². The predicted octanol–water partition coefficient (Wildman–Crippen LogP) is 7.23. The van der Waals surface area contributed by atoms with Crippen molar-refractivity contribution < 1.29 is 55.2 Å². The zero-order chi connectivity index (χ0) is 35.9. The molecule has 4 rings (SSSR count). The highest BCUT2D eigenvalue weighted by atomic mass is 19.4. The van der Waals surface area contributed by atoms with E-state index in [1.165, 1.54) is 34.3 Å². The van der Waals surface area contributed by atoms with Crippen LogP contribution in [0.2, 0.25) is 0 Å². The average Bonchev–Trinajstić information content (AvgIpc) is 3.04. The van der Waals surface area contributed by atoms with Crippen LogP contribution in [0.15, 0.2) is 42.7 Å². The molecular weight excluding hydrogens is 664 g/mol. The number of fused-ring (bicyclic) bond motifs is 1. The Kier molecular flexibility index (Phi) is 11.8. The van der Waals surface area contributed by atoms with Crippen molar-refractivity contribution in [3.8, 4) is 11.6 Å². The lowest BCUT2D eigenvalue weighted by Crippen LogP contribution is -2.48. The maximum Gasteiger partial charge on any atom is 0.416 e. The first kappa shape index (κ1) is 37.0. The standard InChI is InChI=1S/C32H35F6N5O6/c1-4-22-15-25(28-24(9-10-26(44)41-28)43(22)30(46)48-6-3)42(18-19-12-20(31(33,34)35)14-21(13-19)32(36,37)38)29-39-16-23(17-40-29)49-11-7-8-27(45)47-5-2/h9-10,12-14,16-17,22,25H,4-8,11,15,18H2,1-3H3,(H,41,44)/t22-,25+/m1/s1. The Hall–Kier alpha value is -4.83. The Labute approximate surface area is 277 Å². The maximum absolute atomic E-state index is 13.8. The number of amides is 1. The summed E-state index contributed by atoms with van der Waals surface area (Å²) in [5.41, 5.74) is -3.02. The highest BCUT2D eigenvalue weighted by molar-refractivity contribution is 5.90. The fourth-order valence-electron chi connectivity index (χ4n) is 5.44. The maximum atomic E-state index is 13.8. The van der Waals surface area contributed by atoms with Gasteiger partial charge in [0.2, 0.25) is 11.8 Å². The molecule has 2 aromatic heterocycles. The molecular formula is C32H35F6N5O6. The molecule has 1 N–H and O–H groups in total. The van der Waals surface area contributed by atoms with Gasteiger partial charge in [-0.15, -0.1) is 0 Å². The lowest BCUT2D eigenvalue weighted by atomic mass is 9.92. The van der Waals surface area contributed by atoms with Gasteiger partial charge in [0, 0.05) is 25.1 Å². The zero-order valence-corrected chi connectivity index (χ0v) is 26.8. The highest BCUT2D eigenvalue weighted by Gasteiger charge is 2.42. The number of nitrogens with zero attached hydrogens (tertiary/aromatic N) is 5. The number of benzene rings is 1. The van der Waals surface area contributed by atoms with E-state index in [0.717, 1.165) is 0 Å². The van der Waals surface area contributed by atoms with Crippen molar-refractivity contribution in [1.29, 1.82) is 0 Å². The van der Waals surface area contributed by atoms with E-state index in [2.05, 4.69) is 15.0 Å². The van der Waals surface area contributed by atoms with Gasteiger partial charge >= 0.3 is 24.4 Å². The summed E-state index contributed by atoms with van der Waals surface area (Å²) >= 11 is 0. The molecule has 0 bridgehead atoms. The van der Waals surface area contributed by atoms with Gasteiger partial charge < -0.3 is 24.2 Å². The van der Waals surface area contributed by atoms with Crippen molar-refractivity contribution in [2.75, 3.05) is 29.6 Å². The number of ether oxygens (including phenoxy) is 3. The van der Waals surface area contributed by atoms with E-state index in [-0.39, 0.29) is 67.4 Å². The molecule has 1 amide bonds. The molecule has 0 radical (unpaired) electrons. The van der Waals surface area contributed by atoms with Gasteiger partial charge in [0.1, 0.15) is 0 Å². The van der Waals surface area contributed by atoms with Crippen LogP contribution < -0.4 is 14.5 Å². The Morgan fingerprint density at radius 1 is 0.959 bits per heavy atom. The van der Waals surface area contributed by atoms with E-state index in [0.29, 0.717) is 25.0 Å². The minimum atomic E-state index is -5.08. The van der Waals surface area contributed by atoms with Gasteiger partial charge in [-0.25, -0.2) is 19.7 Å². The molecule has 0 saturated heterocycles. The average molecular weight is 700 g/mol. The molecule has 11 nitrogen and oxygen atoms in total. The van der Waals surface area contributed by atoms with Crippen LogP contribution in [0, 0.1) is 0 Å². The summed E-state index contributed by atoms with van der Waals surface area (Å²) in [4.78, 5) is 40.3. The third kappa shape index (κ3) is 9.20. The molecule has 17 heteroatoms. The monoisotopic (exact) mass is 699 g/mol. The third-order valence-electron chi connectivity index (χ3n) is 7.61. The molecule has 49 heavy (non-hydrogen) atoms. The fraction of sp³-hybridized carbons (Fsp3) is 0.469. The van der Waals surface area contributed by atoms with Crippen molar-refractivity contribution in [2.24, 2.45) is 0 Å². The largest absolute Gasteiger partial charge is 0.493 e. The van der Waals surface area contributed by atoms with Crippen LogP contribution in [-0.4, -0.2) is 58.0 Å². The number of hydrogen-bond acceptors (Lipinski definition) is 10. The van der Waals surface area contributed by atoms with Crippen LogP contribution in [0.4, 0.5) is 42.8 Å². The van der Waals surface area contributed by atoms with Gasteiger partial charge in [-0.05, 0) is 62.9 Å². The first-order chi connectivity index (χ1) is 23.2. The molecule has 1 aliphatic heterocycles. The third-order valence-corrected chi connectivity index (χ3v) is 7.61. The first-order valence-electron chi connectivity index (χ1n) is 15.5. The van der Waals surface area contributed by atoms with Crippen molar-refractivity contribution in [3.63, 3.8) is 0 Å². The molecule has 0 unspecified atom stereocenters. The molecule has 0 spiro atoms. The molecule has 1 aromatic carbocycles. The van der Waals surface area contributed by atoms with Crippen LogP contribution in [0.3, 0.4) is 0 Å². The normalized spacial score (nSPS) is 16.1. The van der Waals surface area contributed by atoms with Gasteiger partial charge in [0.15, 0.2) is 5.75 Å². The Morgan fingerprint density at radius 3 is 2.16 bits per heavy atom. The van der Waals surface area contributed by atoms with Gasteiger partial charge in [0.05, 0.1) is 60.8 Å². The quantitative estimate of drug-likeness (QED) is 0.118. The number of hydrogen-bond donors (Lipinski definition) is 1. The number of halogens is 6. The fourth-order valence-corrected chi connectivity index (χ4v) is 5.44. The summed E-state index contributed by atoms with van der Waals surface area (Å²) in [6.07, 6.45) is -7.42. The Balaban J connectivity index is 1.79. The minimum absolute atomic E-state index is 0.0399. The predicted molar refractivity (Wildman–Crippen MR) is 163 cm³/mol. The van der Waals surface area contributed by atoms with Crippen molar-refractivity contribution >= 4 is 23.7 Å². The zero-order valence-electron chi connectivity index (χ0n) is 26.8. The molecule has 0 fully saturated rings. The molecule has 0 aliphatic carbocycles. The second-order valence-electron chi connectivity index (χ2n) is 11.0. The molecule has 2 atom stereocenters. The van der Waals surface area contributed by atoms with Crippen LogP contribution in [0.5, 0.6) is 11.6 Å². The van der Waals surface area contributed by atoms with Crippen LogP contribution >= 0.6 is 0 Å². The van der Waals surface area contributed by atoms with E-state index in [9.17, 15) is 41.0 Å². The highest BCUT2D eigenvalue weighted by Crippen LogP contribution is 2.44. The lowest BCUT2D eigenvalue weighted by molar-refractivity contribution is -0.144. The number of carbonyl (C=O) groups is 2. The van der Waals surface area contributed by atoms with Crippen LogP contribution in [-0.2, 0) is 33.2 Å².